The molecule has 0 fully saturated rings. The molecule has 0 atom stereocenters. The van der Waals surface area contributed by atoms with E-state index in [1.165, 1.54) is 0 Å². The maximum absolute atomic E-state index is 13.0. The number of amides is 1. The highest BCUT2D eigenvalue weighted by Gasteiger charge is 2.44. The van der Waals surface area contributed by atoms with Crippen molar-refractivity contribution in [3.05, 3.63) is 31.8 Å². The Hall–Kier alpha value is -2.83. The first-order valence-corrected chi connectivity index (χ1v) is 6.94. The molecular weight excluding hydrogens is 419 g/mol. The second kappa shape index (κ2) is 6.23. The minimum atomic E-state index is -4.99. The number of nitro groups is 1. The van der Waals surface area contributed by atoms with Gasteiger partial charge in [-0.3, -0.25) is 19.7 Å². The van der Waals surface area contributed by atoms with E-state index in [2.05, 4.69) is 25.9 Å². The predicted octanol–water partition coefficient (Wildman–Crippen LogP) is 2.43. The van der Waals surface area contributed by atoms with Crippen LogP contribution in [-0.4, -0.2) is 28.3 Å². The number of nitro benzene ring substituents is 1. The van der Waals surface area contributed by atoms with Gasteiger partial charge in [0.25, 0.3) is 11.6 Å². The number of benzene rings is 1. The fourth-order valence-corrected chi connectivity index (χ4v) is 2.63. The van der Waals surface area contributed by atoms with Gasteiger partial charge in [-0.2, -0.15) is 13.2 Å². The summed E-state index contributed by atoms with van der Waals surface area (Å²) in [6.07, 6.45) is -4.99. The summed E-state index contributed by atoms with van der Waals surface area (Å²) in [5.74, 6) is -3.62. The van der Waals surface area contributed by atoms with Gasteiger partial charge in [0, 0.05) is 6.92 Å². The number of oxime groups is 1. The van der Waals surface area contributed by atoms with Gasteiger partial charge in [0.15, 0.2) is 0 Å². The van der Waals surface area contributed by atoms with Crippen LogP contribution in [0.1, 0.15) is 22.8 Å². The molecule has 2 rings (SSSR count). The Kier molecular flexibility index (Phi) is 4.61. The Labute approximate surface area is 144 Å². The maximum Gasteiger partial charge on any atom is 0.417 e. The lowest BCUT2D eigenvalue weighted by molar-refractivity contribution is -0.386. The van der Waals surface area contributed by atoms with Crippen LogP contribution in [-0.2, 0) is 20.6 Å². The Morgan fingerprint density at radius 1 is 1.40 bits per heavy atom. The SMILES string of the molecule is CC(=O)ON=C1C(=O)Nc2cc(C(F)(F)F)c(Br)c([N+](=O)[O-])c2C1=O. The first kappa shape index (κ1) is 18.5. The molecule has 1 aromatic rings. The number of halogens is 4. The molecule has 0 bridgehead atoms. The van der Waals surface area contributed by atoms with E-state index in [1.807, 2.05) is 5.32 Å². The molecule has 0 radical (unpaired) electrons. The van der Waals surface area contributed by atoms with E-state index in [1.54, 1.807) is 0 Å². The number of hydrogen-bond donors (Lipinski definition) is 1. The topological polar surface area (TPSA) is 128 Å². The van der Waals surface area contributed by atoms with E-state index < -0.39 is 61.4 Å². The molecule has 0 aliphatic carbocycles. The Morgan fingerprint density at radius 2 is 2.00 bits per heavy atom. The van der Waals surface area contributed by atoms with Crippen molar-refractivity contribution in [1.29, 1.82) is 0 Å². The number of hydrogen-bond acceptors (Lipinski definition) is 7. The van der Waals surface area contributed by atoms with Gasteiger partial charge >= 0.3 is 12.1 Å². The van der Waals surface area contributed by atoms with Crippen LogP contribution in [0.25, 0.3) is 0 Å². The minimum absolute atomic E-state index is 0.380. The zero-order valence-corrected chi connectivity index (χ0v) is 13.5. The molecule has 0 saturated heterocycles. The smallest absolute Gasteiger partial charge is 0.319 e. The summed E-state index contributed by atoms with van der Waals surface area (Å²) in [5.41, 5.74) is -5.20. The largest absolute Gasteiger partial charge is 0.417 e. The molecular formula is C12H5BrF3N3O6. The molecule has 1 heterocycles. The van der Waals surface area contributed by atoms with Crippen molar-refractivity contribution < 1.29 is 37.3 Å². The van der Waals surface area contributed by atoms with Gasteiger partial charge in [0.1, 0.15) is 10.0 Å². The molecule has 0 saturated carbocycles. The van der Waals surface area contributed by atoms with Crippen LogP contribution in [0.2, 0.25) is 0 Å². The van der Waals surface area contributed by atoms with E-state index in [0.717, 1.165) is 6.92 Å². The van der Waals surface area contributed by atoms with E-state index >= 15 is 0 Å². The van der Waals surface area contributed by atoms with Gasteiger partial charge in [0.2, 0.25) is 11.5 Å². The molecule has 9 nitrogen and oxygen atoms in total. The number of carbonyl (C=O) groups is 3. The van der Waals surface area contributed by atoms with Gasteiger partial charge in [-0.25, -0.2) is 4.79 Å². The third-order valence-corrected chi connectivity index (χ3v) is 3.70. The fourth-order valence-electron chi connectivity index (χ4n) is 1.95. The van der Waals surface area contributed by atoms with Crippen molar-refractivity contribution in [1.82, 2.24) is 0 Å². The van der Waals surface area contributed by atoms with Crippen molar-refractivity contribution in [2.45, 2.75) is 13.1 Å². The zero-order valence-electron chi connectivity index (χ0n) is 11.9. The van der Waals surface area contributed by atoms with Crippen LogP contribution in [0.5, 0.6) is 0 Å². The highest BCUT2D eigenvalue weighted by Crippen LogP contribution is 2.45. The van der Waals surface area contributed by atoms with Crippen molar-refractivity contribution in [2.75, 3.05) is 5.32 Å². The molecule has 0 spiro atoms. The molecule has 1 aliphatic heterocycles. The number of Topliss-reactive ketones (excluding diaryl/α,β-unsaturated/α-hetero) is 1. The monoisotopic (exact) mass is 423 g/mol. The maximum atomic E-state index is 13.0. The van der Waals surface area contributed by atoms with Gasteiger partial charge in [0.05, 0.1) is 16.2 Å². The van der Waals surface area contributed by atoms with Crippen LogP contribution in [0.3, 0.4) is 0 Å². The number of anilines is 1. The molecule has 13 heteroatoms. The van der Waals surface area contributed by atoms with Crippen LogP contribution in [0.15, 0.2) is 15.7 Å². The minimum Gasteiger partial charge on any atom is -0.319 e. The van der Waals surface area contributed by atoms with Crippen molar-refractivity contribution in [3.8, 4) is 0 Å². The number of carbonyl (C=O) groups excluding carboxylic acids is 3. The number of nitrogens with zero attached hydrogens (tertiary/aromatic N) is 2. The zero-order chi connectivity index (χ0) is 19.1. The number of alkyl halides is 3. The number of nitrogens with one attached hydrogen (secondary N) is 1. The normalized spacial score (nSPS) is 15.6. The lowest BCUT2D eigenvalue weighted by Crippen LogP contribution is -2.37. The average Bonchev–Trinajstić information content (AvgIpc) is 2.45. The highest BCUT2D eigenvalue weighted by molar-refractivity contribution is 9.10. The quantitative estimate of drug-likeness (QED) is 0.441. The first-order chi connectivity index (χ1) is 11.4. The Morgan fingerprint density at radius 3 is 2.48 bits per heavy atom. The average molecular weight is 424 g/mol. The molecule has 132 valence electrons. The summed E-state index contributed by atoms with van der Waals surface area (Å²) in [6, 6.07) is 0.380. The molecule has 0 aromatic heterocycles. The lowest BCUT2D eigenvalue weighted by atomic mass is 9.96. The van der Waals surface area contributed by atoms with Gasteiger partial charge in [-0.15, -0.1) is 0 Å². The Balaban J connectivity index is 2.77. The molecule has 1 amide bonds. The summed E-state index contributed by atoms with van der Waals surface area (Å²) < 4.78 is 38.0. The molecule has 1 N–H and O–H groups in total. The van der Waals surface area contributed by atoms with E-state index in [4.69, 9.17) is 0 Å². The predicted molar refractivity (Wildman–Crippen MR) is 78.0 cm³/mol. The third-order valence-electron chi connectivity index (χ3n) is 2.90. The first-order valence-electron chi connectivity index (χ1n) is 6.14. The van der Waals surface area contributed by atoms with Crippen molar-refractivity contribution >= 4 is 50.7 Å². The third kappa shape index (κ3) is 3.35. The number of fused-ring (bicyclic) bond motifs is 1. The van der Waals surface area contributed by atoms with Crippen LogP contribution < -0.4 is 5.32 Å². The summed E-state index contributed by atoms with van der Waals surface area (Å²) in [7, 11) is 0. The second-order valence-electron chi connectivity index (χ2n) is 4.57. The highest BCUT2D eigenvalue weighted by atomic mass is 79.9. The van der Waals surface area contributed by atoms with E-state index in [9.17, 15) is 37.7 Å². The van der Waals surface area contributed by atoms with Crippen LogP contribution >= 0.6 is 15.9 Å². The van der Waals surface area contributed by atoms with Crippen LogP contribution in [0, 0.1) is 10.1 Å². The Bertz CT molecular complexity index is 865. The van der Waals surface area contributed by atoms with Gasteiger partial charge < -0.3 is 10.2 Å². The molecule has 0 unspecified atom stereocenters. The van der Waals surface area contributed by atoms with E-state index in [-0.39, 0.29) is 0 Å². The molecule has 25 heavy (non-hydrogen) atoms. The summed E-state index contributed by atoms with van der Waals surface area (Å²) >= 11 is 2.47. The van der Waals surface area contributed by atoms with Crippen molar-refractivity contribution in [3.63, 3.8) is 0 Å². The number of rotatable bonds is 2. The second-order valence-corrected chi connectivity index (χ2v) is 5.36. The van der Waals surface area contributed by atoms with Crippen molar-refractivity contribution in [2.24, 2.45) is 5.16 Å². The fraction of sp³-hybridized carbons (Fsp3) is 0.167. The van der Waals surface area contributed by atoms with Gasteiger partial charge in [-0.1, -0.05) is 5.16 Å². The van der Waals surface area contributed by atoms with Gasteiger partial charge in [-0.05, 0) is 22.0 Å². The number of ketones is 1. The summed E-state index contributed by atoms with van der Waals surface area (Å²) in [5, 5.41) is 16.1. The summed E-state index contributed by atoms with van der Waals surface area (Å²) in [6.45, 7) is 0.915. The standard InChI is InChI=1S/C12H5BrF3N3O6/c1-3(20)25-18-8-10(21)6-5(17-11(8)22)2-4(12(14,15)16)7(13)9(6)19(23)24/h2H,1H3,(H,17,22). The molecule has 1 aliphatic rings. The lowest BCUT2D eigenvalue weighted by Gasteiger charge is -2.20. The van der Waals surface area contributed by atoms with E-state index in [0.29, 0.717) is 6.07 Å². The molecule has 1 aromatic carbocycles. The van der Waals surface area contributed by atoms with Crippen LogP contribution in [0.4, 0.5) is 24.5 Å². The summed E-state index contributed by atoms with van der Waals surface area (Å²) in [4.78, 5) is 48.9.